The van der Waals surface area contributed by atoms with E-state index in [-0.39, 0.29) is 42.6 Å². The third-order valence-corrected chi connectivity index (χ3v) is 7.16. The number of benzene rings is 2. The van der Waals surface area contributed by atoms with Crippen LogP contribution in [0.15, 0.2) is 48.5 Å². The average molecular weight is 494 g/mol. The topological polar surface area (TPSA) is 89.4 Å². The van der Waals surface area contributed by atoms with Crippen LogP contribution >= 0.6 is 0 Å². The molecule has 2 fully saturated rings. The minimum atomic E-state index is -1.11. The van der Waals surface area contributed by atoms with Crippen LogP contribution < -0.4 is 5.32 Å². The number of ether oxygens (including phenoxy) is 1. The zero-order chi connectivity index (χ0) is 24.9. The molecular formula is C27H32FN5O3. The van der Waals surface area contributed by atoms with Gasteiger partial charge in [0.05, 0.1) is 11.6 Å². The van der Waals surface area contributed by atoms with Gasteiger partial charge >= 0.3 is 0 Å². The summed E-state index contributed by atoms with van der Waals surface area (Å²) in [7, 11) is 0. The van der Waals surface area contributed by atoms with Gasteiger partial charge in [0.25, 0.3) is 0 Å². The molecule has 36 heavy (non-hydrogen) atoms. The van der Waals surface area contributed by atoms with E-state index >= 15 is 4.39 Å². The number of carbonyl (C=O) groups excluding carboxylic acids is 2. The van der Waals surface area contributed by atoms with Crippen molar-refractivity contribution in [1.29, 1.82) is 0 Å². The second-order valence-corrected chi connectivity index (χ2v) is 9.68. The van der Waals surface area contributed by atoms with Gasteiger partial charge in [-0.15, -0.1) is 5.10 Å². The van der Waals surface area contributed by atoms with Gasteiger partial charge in [-0.1, -0.05) is 54.8 Å². The molecule has 2 amide bonds. The van der Waals surface area contributed by atoms with E-state index in [9.17, 15) is 9.59 Å². The molecule has 2 aromatic carbocycles. The van der Waals surface area contributed by atoms with Gasteiger partial charge < -0.3 is 15.0 Å². The Bertz CT molecular complexity index is 1200. The Morgan fingerprint density at radius 1 is 1.06 bits per heavy atom. The molecule has 2 atom stereocenters. The highest BCUT2D eigenvalue weighted by atomic mass is 19.1. The highest BCUT2D eigenvalue weighted by molar-refractivity contribution is 5.89. The highest BCUT2D eigenvalue weighted by Crippen LogP contribution is 2.28. The van der Waals surface area contributed by atoms with Crippen LogP contribution in [0, 0.1) is 5.82 Å². The Hall–Kier alpha value is -3.33. The molecule has 1 saturated heterocycles. The Morgan fingerprint density at radius 2 is 1.83 bits per heavy atom. The van der Waals surface area contributed by atoms with Crippen molar-refractivity contribution < 1.29 is 18.7 Å². The van der Waals surface area contributed by atoms with E-state index in [4.69, 9.17) is 4.74 Å². The second kappa shape index (κ2) is 11.2. The van der Waals surface area contributed by atoms with Crippen LogP contribution in [0.4, 0.5) is 4.39 Å². The van der Waals surface area contributed by atoms with Crippen molar-refractivity contribution in [2.24, 2.45) is 0 Å². The van der Waals surface area contributed by atoms with E-state index in [0.29, 0.717) is 12.1 Å². The van der Waals surface area contributed by atoms with Gasteiger partial charge in [0.2, 0.25) is 11.8 Å². The highest BCUT2D eigenvalue weighted by Gasteiger charge is 2.36. The van der Waals surface area contributed by atoms with Gasteiger partial charge in [0, 0.05) is 24.8 Å². The van der Waals surface area contributed by atoms with Crippen molar-refractivity contribution in [3.8, 4) is 0 Å². The minimum absolute atomic E-state index is 0.0273. The van der Waals surface area contributed by atoms with Gasteiger partial charge in [-0.25, -0.2) is 9.07 Å². The van der Waals surface area contributed by atoms with Crippen LogP contribution in [0.25, 0.3) is 11.0 Å². The lowest BCUT2D eigenvalue weighted by atomic mass is 9.94. The molecule has 1 aliphatic carbocycles. The number of hydrogen-bond acceptors (Lipinski definition) is 5. The van der Waals surface area contributed by atoms with E-state index in [1.54, 1.807) is 18.2 Å². The SMILES string of the molecule is O=C(NC1CCCCC1)[C@@H](c1ccccc1F)N(C[C@H]1CCCO1)C(=O)Cn1nnc2ccccc21. The number of nitrogens with one attached hydrogen (secondary N) is 1. The van der Waals surface area contributed by atoms with E-state index in [2.05, 4.69) is 15.6 Å². The summed E-state index contributed by atoms with van der Waals surface area (Å²) in [6.07, 6.45) is 6.49. The van der Waals surface area contributed by atoms with E-state index in [1.807, 2.05) is 24.3 Å². The number of amides is 2. The maximum absolute atomic E-state index is 15.1. The first kappa shape index (κ1) is 24.4. The molecule has 2 aliphatic rings. The molecule has 1 saturated carbocycles. The summed E-state index contributed by atoms with van der Waals surface area (Å²) in [5.74, 6) is -1.22. The molecule has 2 heterocycles. The van der Waals surface area contributed by atoms with Gasteiger partial charge in [-0.3, -0.25) is 9.59 Å². The first-order valence-electron chi connectivity index (χ1n) is 12.8. The fourth-order valence-corrected chi connectivity index (χ4v) is 5.29. The van der Waals surface area contributed by atoms with Crippen molar-refractivity contribution in [2.45, 2.75) is 69.7 Å². The summed E-state index contributed by atoms with van der Waals surface area (Å²) in [6.45, 7) is 0.691. The van der Waals surface area contributed by atoms with Crippen LogP contribution in [0.5, 0.6) is 0 Å². The standard InChI is InChI=1S/C27H32FN5O3/c28-22-13-5-4-12-21(22)26(27(35)29-19-9-2-1-3-10-19)32(17-20-11-8-16-36-20)25(34)18-33-24-15-7-6-14-23(24)30-31-33/h4-7,12-15,19-20,26H,1-3,8-11,16-18H2,(H,29,35)/t20-,26-/m1/s1. The molecule has 0 bridgehead atoms. The Balaban J connectivity index is 1.48. The molecular weight excluding hydrogens is 461 g/mol. The van der Waals surface area contributed by atoms with Crippen molar-refractivity contribution >= 4 is 22.8 Å². The lowest BCUT2D eigenvalue weighted by Gasteiger charge is -2.34. The van der Waals surface area contributed by atoms with Crippen LogP contribution in [0.3, 0.4) is 0 Å². The van der Waals surface area contributed by atoms with Gasteiger partial charge in [0.15, 0.2) is 0 Å². The summed E-state index contributed by atoms with van der Waals surface area (Å²) in [5.41, 5.74) is 1.58. The van der Waals surface area contributed by atoms with Gasteiger partial charge in [-0.2, -0.15) is 0 Å². The lowest BCUT2D eigenvalue weighted by Crippen LogP contribution is -2.50. The van der Waals surface area contributed by atoms with E-state index in [0.717, 1.165) is 50.5 Å². The summed E-state index contributed by atoms with van der Waals surface area (Å²) < 4.78 is 22.5. The molecule has 0 radical (unpaired) electrons. The molecule has 5 rings (SSSR count). The van der Waals surface area contributed by atoms with Crippen molar-refractivity contribution in [3.05, 3.63) is 59.9 Å². The van der Waals surface area contributed by atoms with Gasteiger partial charge in [0.1, 0.15) is 23.9 Å². The smallest absolute Gasteiger partial charge is 0.247 e. The monoisotopic (exact) mass is 493 g/mol. The summed E-state index contributed by atoms with van der Waals surface area (Å²) in [4.78, 5) is 29.1. The number of rotatable bonds is 8. The van der Waals surface area contributed by atoms with Crippen molar-refractivity contribution in [2.75, 3.05) is 13.2 Å². The number of carbonyl (C=O) groups is 2. The summed E-state index contributed by atoms with van der Waals surface area (Å²) >= 11 is 0. The zero-order valence-electron chi connectivity index (χ0n) is 20.3. The molecule has 9 heteroatoms. The molecule has 8 nitrogen and oxygen atoms in total. The first-order valence-corrected chi connectivity index (χ1v) is 12.8. The number of halogens is 1. The zero-order valence-corrected chi connectivity index (χ0v) is 20.3. The van der Waals surface area contributed by atoms with E-state index in [1.165, 1.54) is 15.6 Å². The Labute approximate surface area is 209 Å². The molecule has 190 valence electrons. The maximum atomic E-state index is 15.1. The predicted octanol–water partition coefficient (Wildman–Crippen LogP) is 3.77. The molecule has 3 aromatic rings. The quantitative estimate of drug-likeness (QED) is 0.516. The van der Waals surface area contributed by atoms with Crippen LogP contribution in [0.2, 0.25) is 0 Å². The summed E-state index contributed by atoms with van der Waals surface area (Å²) in [5, 5.41) is 11.4. The van der Waals surface area contributed by atoms with Crippen LogP contribution in [-0.2, 0) is 20.9 Å². The number of nitrogens with zero attached hydrogens (tertiary/aromatic N) is 4. The normalized spacial score (nSPS) is 19.3. The first-order chi connectivity index (χ1) is 17.6. The number of para-hydroxylation sites is 1. The van der Waals surface area contributed by atoms with Crippen molar-refractivity contribution in [1.82, 2.24) is 25.2 Å². The molecule has 1 aliphatic heterocycles. The van der Waals surface area contributed by atoms with Gasteiger partial charge in [-0.05, 0) is 43.9 Å². The summed E-state index contributed by atoms with van der Waals surface area (Å²) in [6, 6.07) is 12.5. The fourth-order valence-electron chi connectivity index (χ4n) is 5.29. The molecule has 0 unspecified atom stereocenters. The van der Waals surface area contributed by atoms with Crippen LogP contribution in [-0.4, -0.2) is 57.0 Å². The predicted molar refractivity (Wildman–Crippen MR) is 132 cm³/mol. The number of fused-ring (bicyclic) bond motifs is 1. The average Bonchev–Trinajstić information content (AvgIpc) is 3.55. The second-order valence-electron chi connectivity index (χ2n) is 9.68. The largest absolute Gasteiger partial charge is 0.376 e. The molecule has 1 N–H and O–H groups in total. The Kier molecular flexibility index (Phi) is 7.55. The van der Waals surface area contributed by atoms with E-state index < -0.39 is 11.9 Å². The third kappa shape index (κ3) is 5.41. The molecule has 0 spiro atoms. The van der Waals surface area contributed by atoms with Crippen molar-refractivity contribution in [3.63, 3.8) is 0 Å². The minimum Gasteiger partial charge on any atom is -0.376 e. The van der Waals surface area contributed by atoms with Crippen LogP contribution in [0.1, 0.15) is 56.6 Å². The fraction of sp³-hybridized carbons (Fsp3) is 0.481. The Morgan fingerprint density at radius 3 is 2.61 bits per heavy atom. The third-order valence-electron chi connectivity index (χ3n) is 7.16. The lowest BCUT2D eigenvalue weighted by molar-refractivity contribution is -0.143. The maximum Gasteiger partial charge on any atom is 0.247 e. The number of aromatic nitrogens is 3. The molecule has 1 aromatic heterocycles. The number of hydrogen-bond donors (Lipinski definition) is 1.